The molecule has 0 atom stereocenters. The fourth-order valence-corrected chi connectivity index (χ4v) is 1.40. The molecular formula is C11H12ClFN2O4. The first-order valence-corrected chi connectivity index (χ1v) is 5.95. The lowest BCUT2D eigenvalue weighted by Gasteiger charge is -2.06. The minimum Gasteiger partial charge on any atom is -0.378 e. The molecule has 1 amide bonds. The SMILES string of the molecule is O=C(NCCOCCCl)c1ccc([N+](=O)[O-])cc1F. The van der Waals surface area contributed by atoms with E-state index in [9.17, 15) is 19.3 Å². The number of hydrogen-bond acceptors (Lipinski definition) is 4. The van der Waals surface area contributed by atoms with Crippen LogP contribution < -0.4 is 5.32 Å². The van der Waals surface area contributed by atoms with Gasteiger partial charge in [-0.15, -0.1) is 11.6 Å². The number of amides is 1. The Hall–Kier alpha value is -1.73. The second-order valence-corrected chi connectivity index (χ2v) is 3.86. The number of non-ortho nitro benzene ring substituents is 1. The third-order valence-electron chi connectivity index (χ3n) is 2.16. The molecule has 19 heavy (non-hydrogen) atoms. The van der Waals surface area contributed by atoms with E-state index in [4.69, 9.17) is 16.3 Å². The minimum atomic E-state index is -0.937. The average molecular weight is 291 g/mol. The number of carbonyl (C=O) groups is 1. The van der Waals surface area contributed by atoms with Gasteiger partial charge < -0.3 is 10.1 Å². The maximum Gasteiger partial charge on any atom is 0.272 e. The van der Waals surface area contributed by atoms with Crippen LogP contribution in [0.5, 0.6) is 0 Å². The number of nitrogens with one attached hydrogen (secondary N) is 1. The summed E-state index contributed by atoms with van der Waals surface area (Å²) in [7, 11) is 0. The van der Waals surface area contributed by atoms with Gasteiger partial charge in [0.2, 0.25) is 0 Å². The fourth-order valence-electron chi connectivity index (χ4n) is 1.29. The molecule has 1 aromatic rings. The molecule has 0 radical (unpaired) electrons. The Morgan fingerprint density at radius 2 is 2.21 bits per heavy atom. The molecule has 0 bridgehead atoms. The molecule has 1 aromatic carbocycles. The quantitative estimate of drug-likeness (QED) is 0.359. The first-order valence-electron chi connectivity index (χ1n) is 5.42. The van der Waals surface area contributed by atoms with Gasteiger partial charge in [-0.2, -0.15) is 0 Å². The van der Waals surface area contributed by atoms with Crippen LogP contribution in [-0.2, 0) is 4.74 Å². The Kier molecular flexibility index (Phi) is 6.17. The van der Waals surface area contributed by atoms with Crippen molar-refractivity contribution in [2.45, 2.75) is 0 Å². The Morgan fingerprint density at radius 1 is 1.47 bits per heavy atom. The molecule has 8 heteroatoms. The highest BCUT2D eigenvalue weighted by Crippen LogP contribution is 2.16. The van der Waals surface area contributed by atoms with Gasteiger partial charge in [-0.05, 0) is 6.07 Å². The highest BCUT2D eigenvalue weighted by molar-refractivity contribution is 6.17. The van der Waals surface area contributed by atoms with Gasteiger partial charge in [0.05, 0.1) is 29.8 Å². The number of nitro benzene ring substituents is 1. The zero-order valence-corrected chi connectivity index (χ0v) is 10.7. The molecule has 0 saturated carbocycles. The summed E-state index contributed by atoms with van der Waals surface area (Å²) in [5, 5.41) is 12.8. The van der Waals surface area contributed by atoms with Crippen LogP contribution in [0.2, 0.25) is 0 Å². The van der Waals surface area contributed by atoms with Crippen LogP contribution in [0, 0.1) is 15.9 Å². The van der Waals surface area contributed by atoms with E-state index >= 15 is 0 Å². The summed E-state index contributed by atoms with van der Waals surface area (Å²) in [6.45, 7) is 0.822. The summed E-state index contributed by atoms with van der Waals surface area (Å²) >= 11 is 5.38. The van der Waals surface area contributed by atoms with E-state index in [1.807, 2.05) is 0 Å². The van der Waals surface area contributed by atoms with E-state index in [2.05, 4.69) is 5.32 Å². The van der Waals surface area contributed by atoms with E-state index in [0.717, 1.165) is 12.1 Å². The van der Waals surface area contributed by atoms with Crippen LogP contribution >= 0.6 is 11.6 Å². The van der Waals surface area contributed by atoms with Crippen LogP contribution in [0.25, 0.3) is 0 Å². The highest BCUT2D eigenvalue weighted by atomic mass is 35.5. The topological polar surface area (TPSA) is 81.5 Å². The number of ether oxygens (including phenoxy) is 1. The molecular weight excluding hydrogens is 279 g/mol. The molecule has 1 rings (SSSR count). The zero-order valence-electron chi connectivity index (χ0n) is 9.90. The fraction of sp³-hybridized carbons (Fsp3) is 0.364. The molecule has 6 nitrogen and oxygen atoms in total. The van der Waals surface area contributed by atoms with Crippen LogP contribution in [0.15, 0.2) is 18.2 Å². The maximum absolute atomic E-state index is 13.5. The standard InChI is InChI=1S/C11H12ClFN2O4/c12-3-5-19-6-4-14-11(16)9-2-1-8(15(17)18)7-10(9)13/h1-2,7H,3-6H2,(H,14,16). The van der Waals surface area contributed by atoms with Crippen molar-refractivity contribution >= 4 is 23.2 Å². The predicted molar refractivity (Wildman–Crippen MR) is 66.9 cm³/mol. The van der Waals surface area contributed by atoms with Gasteiger partial charge >= 0.3 is 0 Å². The normalized spacial score (nSPS) is 10.2. The lowest BCUT2D eigenvalue weighted by atomic mass is 10.2. The molecule has 0 saturated heterocycles. The number of halogens is 2. The average Bonchev–Trinajstić information content (AvgIpc) is 2.38. The summed E-state index contributed by atoms with van der Waals surface area (Å²) in [4.78, 5) is 21.3. The Balaban J connectivity index is 2.55. The second-order valence-electron chi connectivity index (χ2n) is 3.48. The molecule has 0 spiro atoms. The summed E-state index contributed by atoms with van der Waals surface area (Å²) in [6.07, 6.45) is 0. The van der Waals surface area contributed by atoms with Crippen molar-refractivity contribution in [3.05, 3.63) is 39.7 Å². The number of carbonyl (C=O) groups excluding carboxylic acids is 1. The van der Waals surface area contributed by atoms with Gasteiger partial charge in [-0.3, -0.25) is 14.9 Å². The molecule has 0 heterocycles. The monoisotopic (exact) mass is 290 g/mol. The number of nitrogens with zero attached hydrogens (tertiary/aromatic N) is 1. The third-order valence-corrected chi connectivity index (χ3v) is 2.32. The maximum atomic E-state index is 13.5. The van der Waals surface area contributed by atoms with Crippen LogP contribution in [0.3, 0.4) is 0 Å². The van der Waals surface area contributed by atoms with E-state index in [0.29, 0.717) is 18.6 Å². The van der Waals surface area contributed by atoms with E-state index in [1.54, 1.807) is 0 Å². The van der Waals surface area contributed by atoms with Gasteiger partial charge in [0.25, 0.3) is 11.6 Å². The van der Waals surface area contributed by atoms with Gasteiger partial charge in [0.1, 0.15) is 5.82 Å². The predicted octanol–water partition coefficient (Wildman–Crippen LogP) is 1.72. The third kappa shape index (κ3) is 4.80. The van der Waals surface area contributed by atoms with Crippen LogP contribution in [0.1, 0.15) is 10.4 Å². The van der Waals surface area contributed by atoms with Crippen molar-refractivity contribution in [1.29, 1.82) is 0 Å². The minimum absolute atomic E-state index is 0.201. The van der Waals surface area contributed by atoms with Crippen molar-refractivity contribution in [3.63, 3.8) is 0 Å². The summed E-state index contributed by atoms with van der Waals surface area (Å²) in [6, 6.07) is 2.85. The first kappa shape index (κ1) is 15.3. The number of hydrogen-bond donors (Lipinski definition) is 1. The molecule has 0 aliphatic carbocycles. The zero-order chi connectivity index (χ0) is 14.3. The number of benzene rings is 1. The van der Waals surface area contributed by atoms with E-state index in [1.165, 1.54) is 0 Å². The molecule has 0 aromatic heterocycles. The summed E-state index contributed by atoms with van der Waals surface area (Å²) in [5.74, 6) is -1.24. The smallest absolute Gasteiger partial charge is 0.272 e. The Morgan fingerprint density at radius 3 is 2.79 bits per heavy atom. The van der Waals surface area contributed by atoms with Crippen molar-refractivity contribution in [3.8, 4) is 0 Å². The number of nitro groups is 1. The lowest BCUT2D eigenvalue weighted by Crippen LogP contribution is -2.28. The largest absolute Gasteiger partial charge is 0.378 e. The molecule has 1 N–H and O–H groups in total. The number of alkyl halides is 1. The highest BCUT2D eigenvalue weighted by Gasteiger charge is 2.15. The van der Waals surface area contributed by atoms with Crippen molar-refractivity contribution in [1.82, 2.24) is 5.32 Å². The van der Waals surface area contributed by atoms with Crippen molar-refractivity contribution in [2.24, 2.45) is 0 Å². The van der Waals surface area contributed by atoms with Crippen molar-refractivity contribution in [2.75, 3.05) is 25.6 Å². The van der Waals surface area contributed by atoms with Gasteiger partial charge in [0, 0.05) is 18.5 Å². The van der Waals surface area contributed by atoms with Gasteiger partial charge in [-0.25, -0.2) is 4.39 Å². The van der Waals surface area contributed by atoms with Crippen LogP contribution in [-0.4, -0.2) is 36.5 Å². The summed E-state index contributed by atoms with van der Waals surface area (Å²) in [5.41, 5.74) is -0.651. The lowest BCUT2D eigenvalue weighted by molar-refractivity contribution is -0.385. The van der Waals surface area contributed by atoms with Gasteiger partial charge in [0.15, 0.2) is 0 Å². The van der Waals surface area contributed by atoms with E-state index < -0.39 is 22.3 Å². The molecule has 0 aliphatic rings. The van der Waals surface area contributed by atoms with Gasteiger partial charge in [-0.1, -0.05) is 0 Å². The molecule has 104 valence electrons. The Labute approximate surface area is 113 Å². The molecule has 0 aliphatic heterocycles. The summed E-state index contributed by atoms with van der Waals surface area (Å²) < 4.78 is 18.5. The Bertz CT molecular complexity index is 470. The first-order chi connectivity index (χ1) is 9.06. The van der Waals surface area contributed by atoms with Crippen LogP contribution in [0.4, 0.5) is 10.1 Å². The molecule has 0 unspecified atom stereocenters. The van der Waals surface area contributed by atoms with E-state index in [-0.39, 0.29) is 18.7 Å². The molecule has 0 fully saturated rings. The second kappa shape index (κ2) is 7.65. The van der Waals surface area contributed by atoms with Crippen molar-refractivity contribution < 1.29 is 18.8 Å². The number of rotatable bonds is 7.